The quantitative estimate of drug-likeness (QED) is 0.359. The Hall–Kier alpha value is -4.00. The van der Waals surface area contributed by atoms with E-state index in [1.165, 1.54) is 23.1 Å². The van der Waals surface area contributed by atoms with Gasteiger partial charge in [-0.25, -0.2) is 19.6 Å². The third kappa shape index (κ3) is 5.77. The van der Waals surface area contributed by atoms with E-state index in [4.69, 9.17) is 9.47 Å². The SMILES string of the molecule is CCOC(=O)c1cnc(CC2(c3ccc(C4=CCN(C(=O)OCc5ccccc5)CC4)cc3)CCC2)nc1. The first-order chi connectivity index (χ1) is 18.6. The minimum absolute atomic E-state index is 0.0320. The number of nitrogens with zero attached hydrogens (tertiary/aromatic N) is 3. The summed E-state index contributed by atoms with van der Waals surface area (Å²) in [5.41, 5.74) is 5.14. The Balaban J connectivity index is 1.19. The van der Waals surface area contributed by atoms with Crippen molar-refractivity contribution >= 4 is 17.6 Å². The highest BCUT2D eigenvalue weighted by molar-refractivity contribution is 5.88. The lowest BCUT2D eigenvalue weighted by Gasteiger charge is -2.42. The Bertz CT molecular complexity index is 1280. The third-order valence-electron chi connectivity index (χ3n) is 7.56. The van der Waals surface area contributed by atoms with Gasteiger partial charge in [0.1, 0.15) is 12.4 Å². The van der Waals surface area contributed by atoms with Crippen LogP contribution >= 0.6 is 0 Å². The highest BCUT2D eigenvalue weighted by atomic mass is 16.6. The molecule has 0 bridgehead atoms. The first-order valence-electron chi connectivity index (χ1n) is 13.3. The molecule has 0 N–H and O–H groups in total. The summed E-state index contributed by atoms with van der Waals surface area (Å²) >= 11 is 0. The Labute approximate surface area is 223 Å². The molecule has 1 aromatic heterocycles. The summed E-state index contributed by atoms with van der Waals surface area (Å²) in [5, 5.41) is 0. The van der Waals surface area contributed by atoms with Crippen molar-refractivity contribution in [3.63, 3.8) is 0 Å². The summed E-state index contributed by atoms with van der Waals surface area (Å²) in [5.74, 6) is 0.355. The fourth-order valence-electron chi connectivity index (χ4n) is 5.19. The molecule has 2 aromatic carbocycles. The molecule has 7 nitrogen and oxygen atoms in total. The number of ether oxygens (including phenoxy) is 2. The Morgan fingerprint density at radius 3 is 2.32 bits per heavy atom. The number of esters is 1. The minimum atomic E-state index is -0.391. The maximum Gasteiger partial charge on any atom is 0.410 e. The van der Waals surface area contributed by atoms with Crippen LogP contribution in [-0.2, 0) is 27.9 Å². The van der Waals surface area contributed by atoms with Crippen LogP contribution in [0.4, 0.5) is 4.79 Å². The van der Waals surface area contributed by atoms with Gasteiger partial charge in [-0.2, -0.15) is 0 Å². The number of carbonyl (C=O) groups is 2. The second-order valence-electron chi connectivity index (χ2n) is 9.96. The Morgan fingerprint density at radius 1 is 0.974 bits per heavy atom. The predicted octanol–water partition coefficient (Wildman–Crippen LogP) is 5.74. The second-order valence-corrected chi connectivity index (χ2v) is 9.96. The average molecular weight is 512 g/mol. The smallest absolute Gasteiger partial charge is 0.410 e. The maximum absolute atomic E-state index is 12.5. The fraction of sp³-hybridized carbons (Fsp3) is 0.355. The molecule has 2 aliphatic rings. The van der Waals surface area contributed by atoms with E-state index in [0.717, 1.165) is 37.1 Å². The van der Waals surface area contributed by atoms with Crippen molar-refractivity contribution in [1.29, 1.82) is 0 Å². The normalized spacial score (nSPS) is 16.2. The van der Waals surface area contributed by atoms with Crippen molar-refractivity contribution in [3.8, 4) is 0 Å². The molecule has 1 saturated carbocycles. The van der Waals surface area contributed by atoms with Crippen LogP contribution in [0, 0.1) is 0 Å². The largest absolute Gasteiger partial charge is 0.462 e. The van der Waals surface area contributed by atoms with Crippen LogP contribution in [0.3, 0.4) is 0 Å². The zero-order chi connectivity index (χ0) is 26.4. The van der Waals surface area contributed by atoms with Crippen LogP contribution in [0.15, 0.2) is 73.1 Å². The summed E-state index contributed by atoms with van der Waals surface area (Å²) in [4.78, 5) is 35.0. The van der Waals surface area contributed by atoms with Gasteiger partial charge in [-0.3, -0.25) is 0 Å². The zero-order valence-corrected chi connectivity index (χ0v) is 21.8. The van der Waals surface area contributed by atoms with Crippen molar-refractivity contribution in [2.45, 2.75) is 51.0 Å². The lowest BCUT2D eigenvalue weighted by atomic mass is 9.62. The molecule has 3 aromatic rings. The lowest BCUT2D eigenvalue weighted by Crippen LogP contribution is -2.37. The van der Waals surface area contributed by atoms with Gasteiger partial charge < -0.3 is 14.4 Å². The first kappa shape index (κ1) is 25.6. The molecule has 1 fully saturated rings. The van der Waals surface area contributed by atoms with Crippen LogP contribution in [0.25, 0.3) is 5.57 Å². The molecular weight excluding hydrogens is 478 g/mol. The van der Waals surface area contributed by atoms with Crippen molar-refractivity contribution in [1.82, 2.24) is 14.9 Å². The average Bonchev–Trinajstić information content (AvgIpc) is 2.95. The van der Waals surface area contributed by atoms with Crippen molar-refractivity contribution in [2.75, 3.05) is 19.7 Å². The molecule has 1 amide bonds. The Kier molecular flexibility index (Phi) is 7.82. The van der Waals surface area contributed by atoms with Gasteiger partial charge in [-0.15, -0.1) is 0 Å². The predicted molar refractivity (Wildman–Crippen MR) is 144 cm³/mol. The molecule has 5 rings (SSSR count). The molecule has 0 saturated heterocycles. The van der Waals surface area contributed by atoms with E-state index in [2.05, 4.69) is 40.3 Å². The van der Waals surface area contributed by atoms with Gasteiger partial charge in [0.05, 0.1) is 12.2 Å². The topological polar surface area (TPSA) is 81.6 Å². The first-order valence-corrected chi connectivity index (χ1v) is 13.3. The molecule has 2 heterocycles. The second kappa shape index (κ2) is 11.6. The molecular formula is C31H33N3O4. The summed E-state index contributed by atoms with van der Waals surface area (Å²) in [7, 11) is 0. The molecule has 0 unspecified atom stereocenters. The number of hydrogen-bond acceptors (Lipinski definition) is 6. The molecule has 196 valence electrons. The Morgan fingerprint density at radius 2 is 1.71 bits per heavy atom. The number of benzene rings is 2. The monoisotopic (exact) mass is 511 g/mol. The van der Waals surface area contributed by atoms with E-state index in [0.29, 0.717) is 25.3 Å². The summed E-state index contributed by atoms with van der Waals surface area (Å²) < 4.78 is 10.5. The van der Waals surface area contributed by atoms with Crippen molar-refractivity contribution in [3.05, 3.63) is 101 Å². The zero-order valence-electron chi connectivity index (χ0n) is 21.8. The van der Waals surface area contributed by atoms with Crippen molar-refractivity contribution < 1.29 is 19.1 Å². The molecule has 0 atom stereocenters. The van der Waals surface area contributed by atoms with E-state index in [-0.39, 0.29) is 18.1 Å². The van der Waals surface area contributed by atoms with Crippen LogP contribution in [0.1, 0.15) is 65.5 Å². The van der Waals surface area contributed by atoms with Crippen LogP contribution < -0.4 is 0 Å². The van der Waals surface area contributed by atoms with E-state index in [9.17, 15) is 9.59 Å². The summed E-state index contributed by atoms with van der Waals surface area (Å²) in [6.45, 7) is 3.59. The number of amides is 1. The van der Waals surface area contributed by atoms with E-state index in [1.54, 1.807) is 24.2 Å². The van der Waals surface area contributed by atoms with Gasteiger partial charge in [0.2, 0.25) is 0 Å². The fourth-order valence-corrected chi connectivity index (χ4v) is 5.19. The number of carbonyl (C=O) groups excluding carboxylic acids is 2. The maximum atomic E-state index is 12.5. The number of aromatic nitrogens is 2. The van der Waals surface area contributed by atoms with Crippen LogP contribution in [0.2, 0.25) is 0 Å². The van der Waals surface area contributed by atoms with Gasteiger partial charge in [-0.1, -0.05) is 67.1 Å². The summed E-state index contributed by atoms with van der Waals surface area (Å²) in [6.07, 6.45) is 9.89. The van der Waals surface area contributed by atoms with Gasteiger partial charge in [0, 0.05) is 37.3 Å². The van der Waals surface area contributed by atoms with Gasteiger partial charge in [0.25, 0.3) is 0 Å². The standard InChI is InChI=1S/C31H33N3O4/c1-2-37-29(35)26-20-32-28(33-21-26)19-31(15-6-16-31)27-11-9-24(10-12-27)25-13-17-34(18-14-25)30(36)38-22-23-7-4-3-5-8-23/h3-5,7-13,20-21H,2,6,14-19,22H2,1H3. The highest BCUT2D eigenvalue weighted by Crippen LogP contribution is 2.46. The van der Waals surface area contributed by atoms with Crippen LogP contribution in [-0.4, -0.2) is 46.6 Å². The van der Waals surface area contributed by atoms with Gasteiger partial charge in [-0.05, 0) is 48.4 Å². The lowest BCUT2D eigenvalue weighted by molar-refractivity contribution is 0.0525. The van der Waals surface area contributed by atoms with Gasteiger partial charge >= 0.3 is 12.1 Å². The molecule has 38 heavy (non-hydrogen) atoms. The number of hydrogen-bond donors (Lipinski definition) is 0. The minimum Gasteiger partial charge on any atom is -0.462 e. The van der Waals surface area contributed by atoms with Crippen molar-refractivity contribution in [2.24, 2.45) is 0 Å². The molecule has 1 aliphatic carbocycles. The van der Waals surface area contributed by atoms with E-state index in [1.807, 2.05) is 30.3 Å². The molecule has 0 spiro atoms. The highest BCUT2D eigenvalue weighted by Gasteiger charge is 2.39. The van der Waals surface area contributed by atoms with E-state index < -0.39 is 5.97 Å². The van der Waals surface area contributed by atoms with E-state index >= 15 is 0 Å². The molecule has 1 aliphatic heterocycles. The van der Waals surface area contributed by atoms with Gasteiger partial charge in [0.15, 0.2) is 0 Å². The molecule has 7 heteroatoms. The number of rotatable bonds is 8. The van der Waals surface area contributed by atoms with Crippen LogP contribution in [0.5, 0.6) is 0 Å². The molecule has 0 radical (unpaired) electrons. The third-order valence-corrected chi connectivity index (χ3v) is 7.56. The summed E-state index contributed by atoms with van der Waals surface area (Å²) in [6, 6.07) is 18.6.